The van der Waals surface area contributed by atoms with E-state index < -0.39 is 8.32 Å². The van der Waals surface area contributed by atoms with Gasteiger partial charge in [-0.1, -0.05) is 52.2 Å². The van der Waals surface area contributed by atoms with Crippen LogP contribution < -0.4 is 0 Å². The molecule has 0 atom stereocenters. The Hall–Kier alpha value is -0.503. The smallest absolute Gasteiger partial charge is 0.249 e. The van der Waals surface area contributed by atoms with Crippen LogP contribution in [-0.2, 0) is 4.43 Å². The van der Waals surface area contributed by atoms with E-state index in [1.807, 2.05) is 6.26 Å². The van der Waals surface area contributed by atoms with Crippen LogP contribution in [0.5, 0.6) is 0 Å². The Kier molecular flexibility index (Phi) is 5.70. The van der Waals surface area contributed by atoms with Crippen molar-refractivity contribution in [1.82, 2.24) is 0 Å². The van der Waals surface area contributed by atoms with Gasteiger partial charge in [0.1, 0.15) is 0 Å². The van der Waals surface area contributed by atoms with Crippen LogP contribution in [0.1, 0.15) is 52.9 Å². The third kappa shape index (κ3) is 5.01. The minimum absolute atomic E-state index is 0.282. The summed E-state index contributed by atoms with van der Waals surface area (Å²) in [4.78, 5) is 0. The Labute approximate surface area is 114 Å². The van der Waals surface area contributed by atoms with Gasteiger partial charge in [0.15, 0.2) is 0 Å². The zero-order valence-corrected chi connectivity index (χ0v) is 13.8. The summed E-state index contributed by atoms with van der Waals surface area (Å²) in [5.74, 6) is 0.802. The highest BCUT2D eigenvalue weighted by Crippen LogP contribution is 2.36. The molecule has 1 aliphatic rings. The number of hydrogen-bond acceptors (Lipinski definition) is 1. The SMILES string of the molecule is CC(C)(C)[Si](C)(C)O/C=C/C=C/C1CCCCC1. The summed E-state index contributed by atoms with van der Waals surface area (Å²) >= 11 is 0. The quantitative estimate of drug-likeness (QED) is 0.362. The van der Waals surface area contributed by atoms with E-state index in [4.69, 9.17) is 4.43 Å². The van der Waals surface area contributed by atoms with E-state index in [-0.39, 0.29) is 5.04 Å². The lowest BCUT2D eigenvalue weighted by molar-refractivity contribution is 0.419. The molecule has 0 spiro atoms. The van der Waals surface area contributed by atoms with Gasteiger partial charge in [-0.05, 0) is 43.0 Å². The fraction of sp³-hybridized carbons (Fsp3) is 0.750. The first-order valence-corrected chi connectivity index (χ1v) is 10.2. The van der Waals surface area contributed by atoms with Crippen molar-refractivity contribution in [3.05, 3.63) is 24.5 Å². The van der Waals surface area contributed by atoms with E-state index in [1.165, 1.54) is 32.1 Å². The maximum Gasteiger partial charge on any atom is 0.249 e. The normalized spacial score (nSPS) is 19.8. The molecule has 0 aromatic carbocycles. The van der Waals surface area contributed by atoms with Crippen molar-refractivity contribution in [2.45, 2.75) is 71.0 Å². The van der Waals surface area contributed by atoms with Crippen LogP contribution in [0.3, 0.4) is 0 Å². The third-order valence-electron chi connectivity index (χ3n) is 4.39. The summed E-state index contributed by atoms with van der Waals surface area (Å²) in [5, 5.41) is 0.282. The van der Waals surface area contributed by atoms with Crippen molar-refractivity contribution in [3.63, 3.8) is 0 Å². The molecule has 104 valence electrons. The van der Waals surface area contributed by atoms with E-state index in [9.17, 15) is 0 Å². The van der Waals surface area contributed by atoms with Crippen LogP contribution in [0.15, 0.2) is 24.5 Å². The van der Waals surface area contributed by atoms with Gasteiger partial charge in [-0.25, -0.2) is 0 Å². The van der Waals surface area contributed by atoms with Gasteiger partial charge in [-0.15, -0.1) is 0 Å². The van der Waals surface area contributed by atoms with Crippen molar-refractivity contribution in [1.29, 1.82) is 0 Å². The lowest BCUT2D eigenvalue weighted by Crippen LogP contribution is -2.39. The molecule has 0 radical (unpaired) electrons. The zero-order chi connectivity index (χ0) is 13.6. The van der Waals surface area contributed by atoms with Gasteiger partial charge in [0.2, 0.25) is 8.32 Å². The largest absolute Gasteiger partial charge is 0.549 e. The van der Waals surface area contributed by atoms with Crippen molar-refractivity contribution < 1.29 is 4.43 Å². The first-order valence-electron chi connectivity index (χ1n) is 7.34. The first kappa shape index (κ1) is 15.6. The Balaban J connectivity index is 2.34. The van der Waals surface area contributed by atoms with Crippen LogP contribution in [0.4, 0.5) is 0 Å². The summed E-state index contributed by atoms with van der Waals surface area (Å²) in [6.07, 6.45) is 15.5. The maximum atomic E-state index is 5.99. The van der Waals surface area contributed by atoms with Crippen molar-refractivity contribution in [3.8, 4) is 0 Å². The predicted molar refractivity (Wildman–Crippen MR) is 83.1 cm³/mol. The summed E-state index contributed by atoms with van der Waals surface area (Å²) in [6, 6.07) is 0. The second kappa shape index (κ2) is 6.60. The molecule has 0 saturated heterocycles. The van der Waals surface area contributed by atoms with E-state index in [1.54, 1.807) is 0 Å². The molecule has 18 heavy (non-hydrogen) atoms. The fourth-order valence-corrected chi connectivity index (χ4v) is 2.75. The molecule has 0 aromatic heterocycles. The summed E-state index contributed by atoms with van der Waals surface area (Å²) in [5.41, 5.74) is 0. The molecule has 0 aliphatic heterocycles. The van der Waals surface area contributed by atoms with Gasteiger partial charge in [0.05, 0.1) is 6.26 Å². The molecule has 1 fully saturated rings. The summed E-state index contributed by atoms with van der Waals surface area (Å²) in [6.45, 7) is 11.4. The van der Waals surface area contributed by atoms with Crippen LogP contribution in [0, 0.1) is 5.92 Å². The molecular formula is C16H30OSi. The van der Waals surface area contributed by atoms with Crippen molar-refractivity contribution in [2.24, 2.45) is 5.92 Å². The lowest BCUT2D eigenvalue weighted by Gasteiger charge is -2.34. The maximum absolute atomic E-state index is 5.99. The summed E-state index contributed by atoms with van der Waals surface area (Å²) in [7, 11) is -1.62. The zero-order valence-electron chi connectivity index (χ0n) is 12.8. The topological polar surface area (TPSA) is 9.23 Å². The van der Waals surface area contributed by atoms with Crippen molar-refractivity contribution in [2.75, 3.05) is 0 Å². The van der Waals surface area contributed by atoms with E-state index in [0.29, 0.717) is 0 Å². The van der Waals surface area contributed by atoms with E-state index >= 15 is 0 Å². The Morgan fingerprint density at radius 2 is 1.61 bits per heavy atom. The van der Waals surface area contributed by atoms with Gasteiger partial charge in [-0.2, -0.15) is 0 Å². The van der Waals surface area contributed by atoms with E-state index in [2.05, 4.69) is 52.1 Å². The lowest BCUT2D eigenvalue weighted by atomic mass is 9.89. The number of allylic oxidation sites excluding steroid dienone is 3. The minimum Gasteiger partial charge on any atom is -0.549 e. The molecular weight excluding hydrogens is 236 g/mol. The molecule has 0 aromatic rings. The molecule has 0 heterocycles. The molecule has 0 N–H and O–H groups in total. The fourth-order valence-electron chi connectivity index (χ4n) is 1.98. The molecule has 2 heteroatoms. The minimum atomic E-state index is -1.62. The predicted octanol–water partition coefficient (Wildman–Crippen LogP) is 5.66. The second-order valence-electron chi connectivity index (χ2n) is 6.99. The molecule has 1 nitrogen and oxygen atoms in total. The van der Waals surface area contributed by atoms with Crippen LogP contribution in [0.2, 0.25) is 18.1 Å². The Morgan fingerprint density at radius 3 is 2.17 bits per heavy atom. The Bertz CT molecular complexity index is 291. The van der Waals surface area contributed by atoms with Crippen molar-refractivity contribution >= 4 is 8.32 Å². The Morgan fingerprint density at radius 1 is 1.00 bits per heavy atom. The van der Waals surface area contributed by atoms with Gasteiger partial charge in [0.25, 0.3) is 0 Å². The molecule has 1 saturated carbocycles. The molecule has 1 aliphatic carbocycles. The van der Waals surface area contributed by atoms with Crippen LogP contribution in [-0.4, -0.2) is 8.32 Å². The third-order valence-corrected chi connectivity index (χ3v) is 8.73. The van der Waals surface area contributed by atoms with E-state index in [0.717, 1.165) is 5.92 Å². The summed E-state index contributed by atoms with van der Waals surface area (Å²) < 4.78 is 5.99. The molecule has 0 unspecified atom stereocenters. The molecule has 1 rings (SSSR count). The monoisotopic (exact) mass is 266 g/mol. The highest BCUT2D eigenvalue weighted by Gasteiger charge is 2.37. The van der Waals surface area contributed by atoms with Crippen LogP contribution >= 0.6 is 0 Å². The molecule has 0 bridgehead atoms. The highest BCUT2D eigenvalue weighted by atomic mass is 28.4. The first-order chi connectivity index (χ1) is 8.33. The average molecular weight is 267 g/mol. The standard InChI is InChI=1S/C16H30OSi/c1-16(2,3)18(4,5)17-14-10-9-13-15-11-7-6-8-12-15/h9-10,13-15H,6-8,11-12H2,1-5H3/b13-9+,14-10+. The van der Waals surface area contributed by atoms with Gasteiger partial charge in [-0.3, -0.25) is 0 Å². The average Bonchev–Trinajstić information content (AvgIpc) is 2.28. The number of rotatable bonds is 4. The van der Waals surface area contributed by atoms with Gasteiger partial charge in [0, 0.05) is 0 Å². The number of hydrogen-bond donors (Lipinski definition) is 0. The second-order valence-corrected chi connectivity index (χ2v) is 11.7. The molecule has 0 amide bonds. The van der Waals surface area contributed by atoms with Crippen LogP contribution in [0.25, 0.3) is 0 Å². The van der Waals surface area contributed by atoms with Gasteiger partial charge < -0.3 is 4.43 Å². The highest BCUT2D eigenvalue weighted by molar-refractivity contribution is 6.74. The van der Waals surface area contributed by atoms with Gasteiger partial charge >= 0.3 is 0 Å².